The molecule has 1 heterocycles. The van der Waals surface area contributed by atoms with Crippen LogP contribution in [0.2, 0.25) is 0 Å². The van der Waals surface area contributed by atoms with Crippen LogP contribution in [0.5, 0.6) is 0 Å². The summed E-state index contributed by atoms with van der Waals surface area (Å²) in [6.07, 6.45) is 7.59. The number of rotatable bonds is 3. The number of amides is 1. The van der Waals surface area contributed by atoms with E-state index in [-0.39, 0.29) is 11.9 Å². The number of aliphatic hydroxyl groups is 1. The van der Waals surface area contributed by atoms with Crippen LogP contribution in [0.15, 0.2) is 0 Å². The maximum Gasteiger partial charge on any atom is 0.239 e. The zero-order chi connectivity index (χ0) is 13.5. The maximum atomic E-state index is 12.6. The molecule has 3 aliphatic rings. The minimum absolute atomic E-state index is 0.00232. The van der Waals surface area contributed by atoms with E-state index in [4.69, 9.17) is 0 Å². The van der Waals surface area contributed by atoms with E-state index < -0.39 is 5.60 Å². The smallest absolute Gasteiger partial charge is 0.239 e. The van der Waals surface area contributed by atoms with Gasteiger partial charge < -0.3 is 15.3 Å². The summed E-state index contributed by atoms with van der Waals surface area (Å²) in [6, 6.07) is 0.00232. The van der Waals surface area contributed by atoms with Gasteiger partial charge in [0.1, 0.15) is 0 Å². The Morgan fingerprint density at radius 1 is 1.32 bits per heavy atom. The van der Waals surface area contributed by atoms with Gasteiger partial charge in [0.2, 0.25) is 5.91 Å². The van der Waals surface area contributed by atoms with Crippen LogP contribution in [0, 0.1) is 11.8 Å². The second-order valence-electron chi connectivity index (χ2n) is 6.87. The monoisotopic (exact) mass is 266 g/mol. The van der Waals surface area contributed by atoms with E-state index in [2.05, 4.69) is 5.32 Å². The van der Waals surface area contributed by atoms with Crippen molar-refractivity contribution in [3.8, 4) is 0 Å². The van der Waals surface area contributed by atoms with Crippen LogP contribution in [0.4, 0.5) is 0 Å². The molecule has 3 rings (SSSR count). The number of fused-ring (bicyclic) bond motifs is 1. The van der Waals surface area contributed by atoms with Gasteiger partial charge in [-0.25, -0.2) is 0 Å². The fraction of sp³-hybridized carbons (Fsp3) is 0.933. The van der Waals surface area contributed by atoms with E-state index in [1.54, 1.807) is 4.90 Å². The molecule has 0 radical (unpaired) electrons. The van der Waals surface area contributed by atoms with E-state index in [9.17, 15) is 9.90 Å². The van der Waals surface area contributed by atoms with Crippen LogP contribution in [-0.2, 0) is 4.79 Å². The van der Waals surface area contributed by atoms with Gasteiger partial charge in [-0.15, -0.1) is 0 Å². The maximum absolute atomic E-state index is 12.6. The molecule has 1 aliphatic heterocycles. The summed E-state index contributed by atoms with van der Waals surface area (Å²) < 4.78 is 0. The molecule has 108 valence electrons. The van der Waals surface area contributed by atoms with E-state index in [0.717, 1.165) is 32.2 Å². The Hall–Kier alpha value is -0.610. The largest absolute Gasteiger partial charge is 0.388 e. The van der Waals surface area contributed by atoms with Crippen molar-refractivity contribution < 1.29 is 9.90 Å². The minimum Gasteiger partial charge on any atom is -0.388 e. The zero-order valence-electron chi connectivity index (χ0n) is 11.9. The molecule has 3 unspecified atom stereocenters. The highest BCUT2D eigenvalue weighted by Gasteiger charge is 2.44. The number of carbonyl (C=O) groups excluding carboxylic acids is 1. The van der Waals surface area contributed by atoms with Crippen LogP contribution >= 0.6 is 0 Å². The van der Waals surface area contributed by atoms with Crippen molar-refractivity contribution in [1.82, 2.24) is 10.2 Å². The number of nitrogens with zero attached hydrogens (tertiary/aromatic N) is 1. The first-order valence-corrected chi connectivity index (χ1v) is 7.80. The Labute approximate surface area is 115 Å². The van der Waals surface area contributed by atoms with Gasteiger partial charge in [0.15, 0.2) is 0 Å². The van der Waals surface area contributed by atoms with Crippen molar-refractivity contribution >= 4 is 5.91 Å². The highest BCUT2D eigenvalue weighted by molar-refractivity contribution is 5.82. The molecule has 4 nitrogen and oxygen atoms in total. The van der Waals surface area contributed by atoms with Gasteiger partial charge in [0.25, 0.3) is 0 Å². The van der Waals surface area contributed by atoms with Gasteiger partial charge in [-0.2, -0.15) is 0 Å². The van der Waals surface area contributed by atoms with Crippen molar-refractivity contribution in [2.75, 3.05) is 20.1 Å². The Morgan fingerprint density at radius 2 is 2.05 bits per heavy atom. The van der Waals surface area contributed by atoms with Crippen LogP contribution in [-0.4, -0.2) is 47.7 Å². The number of hydrogen-bond donors (Lipinski definition) is 2. The van der Waals surface area contributed by atoms with Gasteiger partial charge in [0.05, 0.1) is 11.6 Å². The fourth-order valence-electron chi connectivity index (χ4n) is 4.41. The average Bonchev–Trinajstić information content (AvgIpc) is 3.03. The molecule has 0 aromatic carbocycles. The first kappa shape index (κ1) is 13.4. The van der Waals surface area contributed by atoms with Gasteiger partial charge >= 0.3 is 0 Å². The molecule has 0 spiro atoms. The lowest BCUT2D eigenvalue weighted by atomic mass is 9.93. The summed E-state index contributed by atoms with van der Waals surface area (Å²) >= 11 is 0. The van der Waals surface area contributed by atoms with Crippen molar-refractivity contribution in [2.45, 2.75) is 56.6 Å². The molecular weight excluding hydrogens is 240 g/mol. The first-order chi connectivity index (χ1) is 9.09. The number of nitrogens with one attached hydrogen (secondary N) is 1. The molecule has 0 aromatic heterocycles. The topological polar surface area (TPSA) is 52.6 Å². The lowest BCUT2D eigenvalue weighted by Gasteiger charge is -2.31. The molecule has 3 atom stereocenters. The molecule has 1 saturated heterocycles. The Bertz CT molecular complexity index is 352. The number of likely N-dealkylation sites (N-methyl/N-ethyl adjacent to an activating group) is 1. The zero-order valence-corrected chi connectivity index (χ0v) is 11.9. The lowest BCUT2D eigenvalue weighted by molar-refractivity contribution is -0.136. The molecule has 2 aliphatic carbocycles. The predicted molar refractivity (Wildman–Crippen MR) is 73.7 cm³/mol. The fourth-order valence-corrected chi connectivity index (χ4v) is 4.41. The molecule has 2 saturated carbocycles. The third-order valence-electron chi connectivity index (χ3n) is 5.45. The SMILES string of the molecule is CN(CC1(O)CCCC1)C(=O)C1NCC2CCCC21. The van der Waals surface area contributed by atoms with Gasteiger partial charge in [0, 0.05) is 13.6 Å². The normalized spacial score (nSPS) is 36.4. The summed E-state index contributed by atoms with van der Waals surface area (Å²) in [6.45, 7) is 1.50. The molecule has 3 fully saturated rings. The molecular formula is C15H26N2O2. The standard InChI is InChI=1S/C15H26N2O2/c1-17(10-15(19)7-2-3-8-15)14(18)13-12-6-4-5-11(12)9-16-13/h11-13,16,19H,2-10H2,1H3. The van der Waals surface area contributed by atoms with Crippen LogP contribution in [0.1, 0.15) is 44.9 Å². The van der Waals surface area contributed by atoms with E-state index in [1.807, 2.05) is 7.05 Å². The molecule has 0 bridgehead atoms. The van der Waals surface area contributed by atoms with Gasteiger partial charge in [-0.1, -0.05) is 19.3 Å². The third-order valence-corrected chi connectivity index (χ3v) is 5.45. The lowest BCUT2D eigenvalue weighted by Crippen LogP contribution is -2.49. The second kappa shape index (κ2) is 5.06. The predicted octanol–water partition coefficient (Wildman–Crippen LogP) is 1.14. The quantitative estimate of drug-likeness (QED) is 0.805. The second-order valence-corrected chi connectivity index (χ2v) is 6.87. The highest BCUT2D eigenvalue weighted by atomic mass is 16.3. The third kappa shape index (κ3) is 2.52. The molecule has 1 amide bonds. The summed E-state index contributed by atoms with van der Waals surface area (Å²) in [4.78, 5) is 14.3. The van der Waals surface area contributed by atoms with Crippen molar-refractivity contribution in [1.29, 1.82) is 0 Å². The van der Waals surface area contributed by atoms with Gasteiger partial charge in [-0.3, -0.25) is 4.79 Å². The Kier molecular flexibility index (Phi) is 3.56. The van der Waals surface area contributed by atoms with Crippen LogP contribution < -0.4 is 5.32 Å². The van der Waals surface area contributed by atoms with Crippen LogP contribution in [0.3, 0.4) is 0 Å². The van der Waals surface area contributed by atoms with E-state index >= 15 is 0 Å². The average molecular weight is 266 g/mol. The number of hydrogen-bond acceptors (Lipinski definition) is 3. The molecule has 2 N–H and O–H groups in total. The Balaban J connectivity index is 1.60. The van der Waals surface area contributed by atoms with Crippen molar-refractivity contribution in [3.05, 3.63) is 0 Å². The Morgan fingerprint density at radius 3 is 2.79 bits per heavy atom. The summed E-state index contributed by atoms with van der Waals surface area (Å²) in [5.74, 6) is 1.43. The number of carbonyl (C=O) groups is 1. The van der Waals surface area contributed by atoms with Crippen molar-refractivity contribution in [2.24, 2.45) is 11.8 Å². The van der Waals surface area contributed by atoms with Crippen LogP contribution in [0.25, 0.3) is 0 Å². The summed E-state index contributed by atoms with van der Waals surface area (Å²) in [5.41, 5.74) is -0.627. The summed E-state index contributed by atoms with van der Waals surface area (Å²) in [7, 11) is 1.85. The van der Waals surface area contributed by atoms with E-state index in [1.165, 1.54) is 19.3 Å². The van der Waals surface area contributed by atoms with E-state index in [0.29, 0.717) is 18.4 Å². The highest BCUT2D eigenvalue weighted by Crippen LogP contribution is 2.38. The van der Waals surface area contributed by atoms with Gasteiger partial charge in [-0.05, 0) is 44.1 Å². The first-order valence-electron chi connectivity index (χ1n) is 7.80. The van der Waals surface area contributed by atoms with Crippen molar-refractivity contribution in [3.63, 3.8) is 0 Å². The molecule has 0 aromatic rings. The molecule has 19 heavy (non-hydrogen) atoms. The molecule has 4 heteroatoms. The summed E-state index contributed by atoms with van der Waals surface area (Å²) in [5, 5.41) is 13.8. The minimum atomic E-state index is -0.627.